The van der Waals surface area contributed by atoms with E-state index < -0.39 is 5.82 Å². The van der Waals surface area contributed by atoms with E-state index in [1.165, 1.54) is 18.3 Å². The fraction of sp³-hybridized carbons (Fsp3) is 0.280. The molecule has 1 N–H and O–H groups in total. The predicted molar refractivity (Wildman–Crippen MR) is 120 cm³/mol. The van der Waals surface area contributed by atoms with Crippen LogP contribution in [0.5, 0.6) is 5.75 Å². The van der Waals surface area contributed by atoms with Gasteiger partial charge in [-0.25, -0.2) is 14.4 Å². The van der Waals surface area contributed by atoms with Gasteiger partial charge >= 0.3 is 0 Å². The van der Waals surface area contributed by atoms with Crippen LogP contribution in [0.25, 0.3) is 0 Å². The molecule has 0 radical (unpaired) electrons. The minimum absolute atomic E-state index is 0.0413. The van der Waals surface area contributed by atoms with Gasteiger partial charge in [-0.15, -0.1) is 0 Å². The summed E-state index contributed by atoms with van der Waals surface area (Å²) < 4.78 is 19.1. The summed E-state index contributed by atoms with van der Waals surface area (Å²) in [5, 5.41) is 2.88. The van der Waals surface area contributed by atoms with E-state index in [0.29, 0.717) is 36.6 Å². The number of amides is 2. The second-order valence-electron chi connectivity index (χ2n) is 7.86. The molecule has 170 valence electrons. The molecule has 1 aliphatic heterocycles. The fourth-order valence-electron chi connectivity index (χ4n) is 3.86. The number of hydrogen-bond acceptors (Lipinski definition) is 5. The molecule has 33 heavy (non-hydrogen) atoms. The number of halogens is 1. The van der Waals surface area contributed by atoms with Crippen molar-refractivity contribution in [3.05, 3.63) is 89.3 Å². The minimum atomic E-state index is -0.511. The predicted octanol–water partition coefficient (Wildman–Crippen LogP) is 3.60. The van der Waals surface area contributed by atoms with Gasteiger partial charge in [0.2, 0.25) is 0 Å². The number of para-hydroxylation sites is 1. The van der Waals surface area contributed by atoms with Crippen LogP contribution in [0, 0.1) is 12.7 Å². The highest BCUT2D eigenvalue weighted by Gasteiger charge is 2.32. The van der Waals surface area contributed by atoms with Crippen molar-refractivity contribution in [1.29, 1.82) is 0 Å². The van der Waals surface area contributed by atoms with Crippen molar-refractivity contribution in [2.45, 2.75) is 32.4 Å². The highest BCUT2D eigenvalue weighted by atomic mass is 19.1. The second kappa shape index (κ2) is 10.2. The Kier molecular flexibility index (Phi) is 6.92. The van der Waals surface area contributed by atoms with Gasteiger partial charge in [-0.3, -0.25) is 9.59 Å². The van der Waals surface area contributed by atoms with Crippen molar-refractivity contribution >= 4 is 11.8 Å². The Bertz CT molecular complexity index is 1140. The molecule has 4 rings (SSSR count). The number of likely N-dealkylation sites (tertiary alicyclic amines) is 1. The summed E-state index contributed by atoms with van der Waals surface area (Å²) in [6.07, 6.45) is 3.02. The second-order valence-corrected chi connectivity index (χ2v) is 7.86. The van der Waals surface area contributed by atoms with Crippen LogP contribution in [-0.4, -0.2) is 39.8 Å². The van der Waals surface area contributed by atoms with Gasteiger partial charge in [0, 0.05) is 19.3 Å². The summed E-state index contributed by atoms with van der Waals surface area (Å²) in [6.45, 7) is 2.45. The van der Waals surface area contributed by atoms with Gasteiger partial charge in [0.25, 0.3) is 11.8 Å². The third-order valence-corrected chi connectivity index (χ3v) is 5.60. The molecule has 1 aromatic heterocycles. The number of rotatable bonds is 7. The number of nitrogens with zero attached hydrogens (tertiary/aromatic N) is 3. The molecule has 8 heteroatoms. The summed E-state index contributed by atoms with van der Waals surface area (Å²) in [7, 11) is 0. The topological polar surface area (TPSA) is 84.4 Å². The first kappa shape index (κ1) is 22.4. The van der Waals surface area contributed by atoms with Crippen LogP contribution < -0.4 is 10.1 Å². The molecule has 2 amide bonds. The van der Waals surface area contributed by atoms with E-state index in [0.717, 1.165) is 12.0 Å². The number of carbonyl (C=O) groups excluding carboxylic acids is 2. The Balaban J connectivity index is 1.40. The molecular weight excluding hydrogens is 423 g/mol. The largest absolute Gasteiger partial charge is 0.481 e. The van der Waals surface area contributed by atoms with Crippen LogP contribution in [0.15, 0.2) is 60.8 Å². The summed E-state index contributed by atoms with van der Waals surface area (Å²) in [4.78, 5) is 35.9. The Labute approximate surface area is 191 Å². The van der Waals surface area contributed by atoms with Crippen LogP contribution in [-0.2, 0) is 11.3 Å². The maximum Gasteiger partial charge on any atom is 0.261 e. The monoisotopic (exact) mass is 448 g/mol. The van der Waals surface area contributed by atoms with Crippen molar-refractivity contribution in [2.75, 3.05) is 13.2 Å². The number of hydrogen-bond donors (Lipinski definition) is 1. The third kappa shape index (κ3) is 5.34. The number of carbonyl (C=O) groups is 2. The number of benzene rings is 2. The molecule has 1 aliphatic rings. The molecular formula is C25H25FN4O3. The summed E-state index contributed by atoms with van der Waals surface area (Å²) in [6, 6.07) is 15.3. The smallest absolute Gasteiger partial charge is 0.261 e. The average Bonchev–Trinajstić information content (AvgIpc) is 3.32. The van der Waals surface area contributed by atoms with Crippen molar-refractivity contribution in [3.63, 3.8) is 0 Å². The van der Waals surface area contributed by atoms with Crippen molar-refractivity contribution in [3.8, 4) is 5.75 Å². The maximum absolute atomic E-state index is 13.8. The summed E-state index contributed by atoms with van der Waals surface area (Å²) >= 11 is 0. The Morgan fingerprint density at radius 3 is 2.67 bits per heavy atom. The zero-order valence-corrected chi connectivity index (χ0v) is 18.3. The van der Waals surface area contributed by atoms with Crippen LogP contribution in [0.3, 0.4) is 0 Å². The molecule has 3 aromatic rings. The van der Waals surface area contributed by atoms with Gasteiger partial charge < -0.3 is 15.0 Å². The van der Waals surface area contributed by atoms with E-state index in [1.54, 1.807) is 24.0 Å². The van der Waals surface area contributed by atoms with Gasteiger partial charge in [-0.1, -0.05) is 42.5 Å². The van der Waals surface area contributed by atoms with Crippen LogP contribution in [0.1, 0.15) is 46.3 Å². The van der Waals surface area contributed by atoms with E-state index >= 15 is 0 Å². The minimum Gasteiger partial charge on any atom is -0.481 e. The highest BCUT2D eigenvalue weighted by molar-refractivity contribution is 5.94. The van der Waals surface area contributed by atoms with Gasteiger partial charge in [-0.2, -0.15) is 0 Å². The zero-order chi connectivity index (χ0) is 23.2. The maximum atomic E-state index is 13.8. The van der Waals surface area contributed by atoms with Gasteiger partial charge in [0.05, 0.1) is 17.3 Å². The van der Waals surface area contributed by atoms with Crippen LogP contribution in [0.2, 0.25) is 0 Å². The number of aryl methyl sites for hydroxylation is 1. The lowest BCUT2D eigenvalue weighted by atomic mass is 10.1. The zero-order valence-electron chi connectivity index (χ0n) is 18.3. The first-order valence-corrected chi connectivity index (χ1v) is 10.9. The molecule has 0 aliphatic carbocycles. The van der Waals surface area contributed by atoms with E-state index in [4.69, 9.17) is 4.74 Å². The van der Waals surface area contributed by atoms with Crippen LogP contribution >= 0.6 is 0 Å². The molecule has 0 unspecified atom stereocenters. The first-order chi connectivity index (χ1) is 16.0. The average molecular weight is 448 g/mol. The molecule has 1 fully saturated rings. The summed E-state index contributed by atoms with van der Waals surface area (Å²) in [5.41, 5.74) is 1.94. The van der Waals surface area contributed by atoms with Gasteiger partial charge in [-0.05, 0) is 37.5 Å². The normalized spacial score (nSPS) is 15.3. The van der Waals surface area contributed by atoms with E-state index in [1.807, 2.05) is 30.3 Å². The van der Waals surface area contributed by atoms with E-state index in [9.17, 15) is 14.0 Å². The Morgan fingerprint density at radius 2 is 1.91 bits per heavy atom. The molecule has 1 saturated heterocycles. The highest BCUT2D eigenvalue weighted by Crippen LogP contribution is 2.30. The number of aromatic nitrogens is 2. The van der Waals surface area contributed by atoms with Crippen LogP contribution in [0.4, 0.5) is 4.39 Å². The molecule has 0 bridgehead atoms. The van der Waals surface area contributed by atoms with Crippen molar-refractivity contribution < 1.29 is 18.7 Å². The molecule has 2 aromatic carbocycles. The first-order valence-electron chi connectivity index (χ1n) is 10.9. The quantitative estimate of drug-likeness (QED) is 0.597. The van der Waals surface area contributed by atoms with Gasteiger partial charge in [0.15, 0.2) is 24.0 Å². The molecule has 2 heterocycles. The van der Waals surface area contributed by atoms with Crippen molar-refractivity contribution in [2.24, 2.45) is 0 Å². The molecule has 0 spiro atoms. The van der Waals surface area contributed by atoms with Gasteiger partial charge in [0.1, 0.15) is 0 Å². The standard InChI is InChI=1S/C25H25FN4O3/c1-17-19(25(32)28-14-18-8-3-2-4-9-18)15-27-24(29-17)21-11-7-13-30(21)23(31)16-33-22-12-6-5-10-20(22)26/h2-6,8-10,12,15,21H,7,11,13-14,16H2,1H3,(H,28,32)/t21-/m1/s1. The SMILES string of the molecule is Cc1nc([C@H]2CCCN2C(=O)COc2ccccc2F)ncc1C(=O)NCc1ccccc1. The lowest BCUT2D eigenvalue weighted by Crippen LogP contribution is -2.35. The molecule has 7 nitrogen and oxygen atoms in total. The molecule has 0 saturated carbocycles. The third-order valence-electron chi connectivity index (χ3n) is 5.60. The number of nitrogens with one attached hydrogen (secondary N) is 1. The fourth-order valence-corrected chi connectivity index (χ4v) is 3.86. The Morgan fingerprint density at radius 1 is 1.15 bits per heavy atom. The molecule has 1 atom stereocenters. The van der Waals surface area contributed by atoms with E-state index in [-0.39, 0.29) is 30.2 Å². The Hall–Kier alpha value is -3.81. The number of ether oxygens (including phenoxy) is 1. The lowest BCUT2D eigenvalue weighted by Gasteiger charge is -2.24. The lowest BCUT2D eigenvalue weighted by molar-refractivity contribution is -0.134. The summed E-state index contributed by atoms with van der Waals surface area (Å²) in [5.74, 6) is -0.487. The van der Waals surface area contributed by atoms with Crippen molar-refractivity contribution in [1.82, 2.24) is 20.2 Å². The van der Waals surface area contributed by atoms with E-state index in [2.05, 4.69) is 15.3 Å².